The number of hydrogen-bond acceptors (Lipinski definition) is 10. The van der Waals surface area contributed by atoms with Crippen LogP contribution in [0.25, 0.3) is 11.4 Å². The molecule has 2 aliphatic rings. The molecular formula is C25H30N6O5S2. The number of carbonyl (C=O) groups is 1. The first-order valence-corrected chi connectivity index (χ1v) is 14.8. The van der Waals surface area contributed by atoms with Crippen LogP contribution in [0.4, 0.5) is 16.3 Å². The second-order valence-corrected chi connectivity index (χ2v) is 12.7. The third kappa shape index (κ3) is 5.23. The maximum absolute atomic E-state index is 13.6. The molecule has 2 aromatic heterocycles. The Bertz CT molecular complexity index is 1380. The number of thiazole rings is 1. The van der Waals surface area contributed by atoms with Gasteiger partial charge in [0.15, 0.2) is 5.82 Å². The lowest BCUT2D eigenvalue weighted by atomic mass is 10.1. The van der Waals surface area contributed by atoms with Crippen LogP contribution in [0.3, 0.4) is 0 Å². The number of carbonyl (C=O) groups excluding carboxylic acids is 1. The number of aromatic nitrogens is 3. The minimum absolute atomic E-state index is 0.00564. The van der Waals surface area contributed by atoms with Crippen LogP contribution in [-0.4, -0.2) is 73.5 Å². The fraction of sp³-hybridized carbons (Fsp3) is 0.440. The van der Waals surface area contributed by atoms with Crippen LogP contribution in [0.15, 0.2) is 46.2 Å². The van der Waals surface area contributed by atoms with Gasteiger partial charge in [-0.25, -0.2) is 28.2 Å². The lowest BCUT2D eigenvalue weighted by molar-refractivity contribution is 0.0985. The van der Waals surface area contributed by atoms with Crippen molar-refractivity contribution in [3.63, 3.8) is 0 Å². The molecule has 0 radical (unpaired) electrons. The summed E-state index contributed by atoms with van der Waals surface area (Å²) in [6.45, 7) is 4.17. The molecular weight excluding hydrogens is 528 g/mol. The van der Waals surface area contributed by atoms with Gasteiger partial charge in [0.05, 0.1) is 24.9 Å². The van der Waals surface area contributed by atoms with Gasteiger partial charge in [0.2, 0.25) is 14.2 Å². The topological polar surface area (TPSA) is 147 Å². The standard InChI is InChI=1S/C25H30N6O5S2/c1-17-16-36-13-11-31(17)21-15-20(25(7-8-25)38(34,35)24-27-10-14-37-24)29-22(30-21)18-3-5-19(6-4-18)28-23(33)26-9-2-12-32/h3-6,10,14-15,17,32H,2,7-9,11-13,16H2,1H3,(H2,26,28,33)/t17-/m0/s1. The van der Waals surface area contributed by atoms with Gasteiger partial charge in [-0.2, -0.15) is 0 Å². The van der Waals surface area contributed by atoms with Crippen LogP contribution in [0.1, 0.15) is 31.9 Å². The van der Waals surface area contributed by atoms with Crippen LogP contribution >= 0.6 is 11.3 Å². The van der Waals surface area contributed by atoms with Crippen molar-refractivity contribution >= 4 is 38.7 Å². The summed E-state index contributed by atoms with van der Waals surface area (Å²) in [6, 6.07) is 8.58. The second-order valence-electron chi connectivity index (χ2n) is 9.38. The first-order chi connectivity index (χ1) is 18.3. The van der Waals surface area contributed by atoms with E-state index in [4.69, 9.17) is 19.8 Å². The van der Waals surface area contributed by atoms with Gasteiger partial charge in [0.1, 0.15) is 10.6 Å². The number of rotatable bonds is 9. The van der Waals surface area contributed by atoms with E-state index in [0.29, 0.717) is 74.2 Å². The summed E-state index contributed by atoms with van der Waals surface area (Å²) in [6.07, 6.45) is 2.92. The summed E-state index contributed by atoms with van der Waals surface area (Å²) in [7, 11) is -3.72. The lowest BCUT2D eigenvalue weighted by Gasteiger charge is -2.34. The highest BCUT2D eigenvalue weighted by Crippen LogP contribution is 2.55. The Morgan fingerprint density at radius 3 is 2.71 bits per heavy atom. The Kier molecular flexibility index (Phi) is 7.61. The predicted octanol–water partition coefficient (Wildman–Crippen LogP) is 2.79. The number of benzene rings is 1. The van der Waals surface area contributed by atoms with Crippen LogP contribution < -0.4 is 15.5 Å². The number of urea groups is 1. The van der Waals surface area contributed by atoms with Gasteiger partial charge in [-0.05, 0) is 50.5 Å². The Morgan fingerprint density at radius 1 is 1.26 bits per heavy atom. The molecule has 1 aliphatic heterocycles. The highest BCUT2D eigenvalue weighted by molar-refractivity contribution is 7.94. The van der Waals surface area contributed by atoms with E-state index in [-0.39, 0.29) is 23.0 Å². The van der Waals surface area contributed by atoms with Gasteiger partial charge >= 0.3 is 6.03 Å². The monoisotopic (exact) mass is 558 g/mol. The number of ether oxygens (including phenoxy) is 1. The van der Waals surface area contributed by atoms with Crippen LogP contribution in [0.2, 0.25) is 0 Å². The number of aliphatic hydroxyl groups is 1. The normalized spacial score (nSPS) is 18.7. The Balaban J connectivity index is 1.49. The summed E-state index contributed by atoms with van der Waals surface area (Å²) in [5.41, 5.74) is 1.75. The van der Waals surface area contributed by atoms with E-state index in [1.165, 1.54) is 6.20 Å². The predicted molar refractivity (Wildman–Crippen MR) is 144 cm³/mol. The molecule has 38 heavy (non-hydrogen) atoms. The van der Waals surface area contributed by atoms with Crippen molar-refractivity contribution in [2.24, 2.45) is 0 Å². The zero-order chi connectivity index (χ0) is 26.8. The van der Waals surface area contributed by atoms with Crippen LogP contribution in [0.5, 0.6) is 0 Å². The molecule has 2 fully saturated rings. The molecule has 13 heteroatoms. The van der Waals surface area contributed by atoms with Crippen molar-refractivity contribution in [3.8, 4) is 11.4 Å². The van der Waals surface area contributed by atoms with Crippen molar-refractivity contribution in [2.45, 2.75) is 41.3 Å². The average molecular weight is 559 g/mol. The van der Waals surface area contributed by atoms with E-state index in [0.717, 1.165) is 11.3 Å². The van der Waals surface area contributed by atoms with Gasteiger partial charge < -0.3 is 25.4 Å². The smallest absolute Gasteiger partial charge is 0.319 e. The van der Waals surface area contributed by atoms with E-state index in [1.807, 2.05) is 6.92 Å². The highest BCUT2D eigenvalue weighted by Gasteiger charge is 2.59. The minimum atomic E-state index is -3.72. The Labute approximate surface area is 225 Å². The van der Waals surface area contributed by atoms with Crippen molar-refractivity contribution in [1.29, 1.82) is 0 Å². The number of nitrogens with zero attached hydrogens (tertiary/aromatic N) is 4. The zero-order valence-electron chi connectivity index (χ0n) is 21.0. The summed E-state index contributed by atoms with van der Waals surface area (Å²) >= 11 is 1.12. The number of hydrogen-bond donors (Lipinski definition) is 3. The van der Waals surface area contributed by atoms with Gasteiger partial charge in [0, 0.05) is 48.6 Å². The first-order valence-electron chi connectivity index (χ1n) is 12.5. The molecule has 1 saturated heterocycles. The highest BCUT2D eigenvalue weighted by atomic mass is 32.2. The number of anilines is 2. The van der Waals surface area contributed by atoms with E-state index in [2.05, 4.69) is 20.5 Å². The molecule has 2 amide bonds. The molecule has 3 aromatic rings. The number of sulfone groups is 1. The van der Waals surface area contributed by atoms with Gasteiger partial charge in [-0.15, -0.1) is 11.3 Å². The molecule has 1 aromatic carbocycles. The molecule has 0 bridgehead atoms. The molecule has 202 valence electrons. The summed E-state index contributed by atoms with van der Waals surface area (Å²) in [5.74, 6) is 1.07. The van der Waals surface area contributed by atoms with Crippen molar-refractivity contribution in [1.82, 2.24) is 20.3 Å². The van der Waals surface area contributed by atoms with E-state index < -0.39 is 14.6 Å². The molecule has 1 saturated carbocycles. The molecule has 5 rings (SSSR count). The third-order valence-electron chi connectivity index (χ3n) is 6.72. The fourth-order valence-electron chi connectivity index (χ4n) is 4.46. The van der Waals surface area contributed by atoms with Gasteiger partial charge in [-0.3, -0.25) is 0 Å². The van der Waals surface area contributed by atoms with Crippen molar-refractivity contribution in [2.75, 3.05) is 43.1 Å². The maximum atomic E-state index is 13.6. The molecule has 3 heterocycles. The number of nitrogens with one attached hydrogen (secondary N) is 2. The Morgan fingerprint density at radius 2 is 2.05 bits per heavy atom. The summed E-state index contributed by atoms with van der Waals surface area (Å²) in [4.78, 5) is 27.9. The quantitative estimate of drug-likeness (QED) is 0.337. The molecule has 3 N–H and O–H groups in total. The van der Waals surface area contributed by atoms with Gasteiger partial charge in [0.25, 0.3) is 0 Å². The summed E-state index contributed by atoms with van der Waals surface area (Å²) < 4.78 is 31.8. The third-order valence-corrected chi connectivity index (χ3v) is 10.4. The SMILES string of the molecule is C[C@H]1COCCN1c1cc(C2(S(=O)(=O)c3nccs3)CC2)nc(-c2ccc(NC(=O)NCCCO)cc2)n1. The summed E-state index contributed by atoms with van der Waals surface area (Å²) in [5, 5.41) is 15.9. The number of amides is 2. The molecule has 1 aliphatic carbocycles. The second kappa shape index (κ2) is 10.9. The fourth-order valence-corrected chi connectivity index (χ4v) is 7.52. The largest absolute Gasteiger partial charge is 0.396 e. The molecule has 0 unspecified atom stereocenters. The van der Waals surface area contributed by atoms with Crippen molar-refractivity contribution in [3.05, 3.63) is 47.6 Å². The van der Waals surface area contributed by atoms with E-state index >= 15 is 0 Å². The molecule has 0 spiro atoms. The first kappa shape index (κ1) is 26.5. The van der Waals surface area contributed by atoms with Crippen LogP contribution in [-0.2, 0) is 19.3 Å². The minimum Gasteiger partial charge on any atom is -0.396 e. The van der Waals surface area contributed by atoms with Gasteiger partial charge in [-0.1, -0.05) is 0 Å². The zero-order valence-corrected chi connectivity index (χ0v) is 22.6. The van der Waals surface area contributed by atoms with E-state index in [9.17, 15) is 13.2 Å². The van der Waals surface area contributed by atoms with E-state index in [1.54, 1.807) is 35.7 Å². The molecule has 1 atom stereocenters. The Hall–Kier alpha value is -3.13. The van der Waals surface area contributed by atoms with Crippen molar-refractivity contribution < 1.29 is 23.1 Å². The average Bonchev–Trinajstić information content (AvgIpc) is 3.56. The number of aliphatic hydroxyl groups excluding tert-OH is 1. The molecule has 11 nitrogen and oxygen atoms in total. The lowest BCUT2D eigenvalue weighted by Crippen LogP contribution is -2.44. The van der Waals surface area contributed by atoms with Crippen LogP contribution in [0, 0.1) is 0 Å². The maximum Gasteiger partial charge on any atom is 0.319 e. The number of morpholine rings is 1.